The highest BCUT2D eigenvalue weighted by Gasteiger charge is 1.95. The highest BCUT2D eigenvalue weighted by Crippen LogP contribution is 2.11. The van der Waals surface area contributed by atoms with E-state index in [-0.39, 0.29) is 0 Å². The smallest absolute Gasteiger partial charge is 0.0594 e. The number of rotatable bonds is 4. The number of anilines is 1. The zero-order valence-electron chi connectivity index (χ0n) is 9.06. The lowest BCUT2D eigenvalue weighted by Gasteiger charge is -2.07. The average Bonchev–Trinajstić information content (AvgIpc) is 2.38. The van der Waals surface area contributed by atoms with Crippen LogP contribution in [0.5, 0.6) is 0 Å². The molecule has 0 fully saturated rings. The number of benzene rings is 1. The van der Waals surface area contributed by atoms with Crippen molar-refractivity contribution in [2.24, 2.45) is 5.73 Å². The third-order valence-electron chi connectivity index (χ3n) is 2.36. The van der Waals surface area contributed by atoms with Crippen molar-refractivity contribution in [3.05, 3.63) is 59.9 Å². The molecule has 0 unspecified atom stereocenters. The summed E-state index contributed by atoms with van der Waals surface area (Å²) in [5.41, 5.74) is 8.82. The Hall–Kier alpha value is -1.87. The first-order valence-corrected chi connectivity index (χ1v) is 5.31. The SMILES string of the molecule is NCc1cccc(NCc2ccccn2)c1. The quantitative estimate of drug-likeness (QED) is 0.818. The van der Waals surface area contributed by atoms with Crippen molar-refractivity contribution in [2.75, 3.05) is 5.32 Å². The first-order chi connectivity index (χ1) is 7.88. The molecule has 0 saturated heterocycles. The number of hydrogen-bond donors (Lipinski definition) is 2. The van der Waals surface area contributed by atoms with Gasteiger partial charge in [0.1, 0.15) is 0 Å². The normalized spacial score (nSPS) is 10.1. The molecule has 0 aliphatic heterocycles. The van der Waals surface area contributed by atoms with Crippen LogP contribution in [0.3, 0.4) is 0 Å². The Bertz CT molecular complexity index is 440. The number of nitrogens with two attached hydrogens (primary N) is 1. The molecule has 0 amide bonds. The maximum Gasteiger partial charge on any atom is 0.0594 e. The van der Waals surface area contributed by atoms with Crippen LogP contribution in [0.1, 0.15) is 11.3 Å². The van der Waals surface area contributed by atoms with Crippen LogP contribution in [0, 0.1) is 0 Å². The maximum atomic E-state index is 5.59. The minimum absolute atomic E-state index is 0.569. The number of nitrogens with one attached hydrogen (secondary N) is 1. The zero-order chi connectivity index (χ0) is 11.2. The molecule has 1 aromatic carbocycles. The van der Waals surface area contributed by atoms with Crippen LogP contribution in [0.2, 0.25) is 0 Å². The van der Waals surface area contributed by atoms with Crippen LogP contribution in [-0.2, 0) is 13.1 Å². The third-order valence-corrected chi connectivity index (χ3v) is 2.36. The van der Waals surface area contributed by atoms with Crippen LogP contribution in [-0.4, -0.2) is 4.98 Å². The monoisotopic (exact) mass is 213 g/mol. The Balaban J connectivity index is 1.99. The second-order valence-corrected chi connectivity index (χ2v) is 3.58. The van der Waals surface area contributed by atoms with E-state index in [9.17, 15) is 0 Å². The average molecular weight is 213 g/mol. The van der Waals surface area contributed by atoms with Crippen molar-refractivity contribution in [3.8, 4) is 0 Å². The Kier molecular flexibility index (Phi) is 3.51. The molecule has 16 heavy (non-hydrogen) atoms. The first-order valence-electron chi connectivity index (χ1n) is 5.31. The van der Waals surface area contributed by atoms with Gasteiger partial charge in [-0.25, -0.2) is 0 Å². The van der Waals surface area contributed by atoms with E-state index in [4.69, 9.17) is 5.73 Å². The van der Waals surface area contributed by atoms with E-state index in [1.54, 1.807) is 6.20 Å². The molecule has 3 N–H and O–H groups in total. The van der Waals surface area contributed by atoms with Crippen LogP contribution >= 0.6 is 0 Å². The minimum atomic E-state index is 0.569. The minimum Gasteiger partial charge on any atom is -0.379 e. The molecule has 2 rings (SSSR count). The molecule has 1 aromatic heterocycles. The zero-order valence-corrected chi connectivity index (χ0v) is 9.06. The van der Waals surface area contributed by atoms with Crippen LogP contribution in [0.4, 0.5) is 5.69 Å². The topological polar surface area (TPSA) is 50.9 Å². The van der Waals surface area contributed by atoms with E-state index in [1.165, 1.54) is 0 Å². The van der Waals surface area contributed by atoms with Gasteiger partial charge < -0.3 is 11.1 Å². The highest BCUT2D eigenvalue weighted by atomic mass is 14.9. The third kappa shape index (κ3) is 2.81. The summed E-state index contributed by atoms with van der Waals surface area (Å²) in [5.74, 6) is 0. The van der Waals surface area contributed by atoms with E-state index in [0.29, 0.717) is 6.54 Å². The van der Waals surface area contributed by atoms with Gasteiger partial charge >= 0.3 is 0 Å². The van der Waals surface area contributed by atoms with Gasteiger partial charge in [-0.2, -0.15) is 0 Å². The summed E-state index contributed by atoms with van der Waals surface area (Å²) in [6.07, 6.45) is 1.80. The Morgan fingerprint density at radius 3 is 2.81 bits per heavy atom. The van der Waals surface area contributed by atoms with Crippen molar-refractivity contribution in [2.45, 2.75) is 13.1 Å². The van der Waals surface area contributed by atoms with E-state index in [1.807, 2.05) is 36.4 Å². The molecule has 3 heteroatoms. The van der Waals surface area contributed by atoms with Gasteiger partial charge in [0.2, 0.25) is 0 Å². The highest BCUT2D eigenvalue weighted by molar-refractivity contribution is 5.45. The van der Waals surface area contributed by atoms with E-state index < -0.39 is 0 Å². The predicted octanol–water partition coefficient (Wildman–Crippen LogP) is 2.15. The predicted molar refractivity (Wildman–Crippen MR) is 65.9 cm³/mol. The molecular formula is C13H15N3. The van der Waals surface area contributed by atoms with Crippen LogP contribution < -0.4 is 11.1 Å². The molecular weight excluding hydrogens is 198 g/mol. The molecule has 0 bridgehead atoms. The molecule has 2 aromatic rings. The first kappa shape index (κ1) is 10.6. The van der Waals surface area contributed by atoms with Gasteiger partial charge in [0, 0.05) is 18.4 Å². The van der Waals surface area contributed by atoms with Gasteiger partial charge in [-0.05, 0) is 29.8 Å². The van der Waals surface area contributed by atoms with Crippen molar-refractivity contribution >= 4 is 5.69 Å². The summed E-state index contributed by atoms with van der Waals surface area (Å²) in [6, 6.07) is 14.0. The van der Waals surface area contributed by atoms with E-state index >= 15 is 0 Å². The van der Waals surface area contributed by atoms with Crippen molar-refractivity contribution in [1.29, 1.82) is 0 Å². The Morgan fingerprint density at radius 2 is 2.06 bits per heavy atom. The lowest BCUT2D eigenvalue weighted by molar-refractivity contribution is 1.04. The summed E-state index contributed by atoms with van der Waals surface area (Å²) in [4.78, 5) is 4.25. The second kappa shape index (κ2) is 5.28. The van der Waals surface area contributed by atoms with Crippen molar-refractivity contribution < 1.29 is 0 Å². The fraction of sp³-hybridized carbons (Fsp3) is 0.154. The largest absolute Gasteiger partial charge is 0.379 e. The number of pyridine rings is 1. The van der Waals surface area contributed by atoms with Gasteiger partial charge in [-0.3, -0.25) is 4.98 Å². The van der Waals surface area contributed by atoms with E-state index in [2.05, 4.69) is 16.4 Å². The van der Waals surface area contributed by atoms with E-state index in [0.717, 1.165) is 23.5 Å². The summed E-state index contributed by atoms with van der Waals surface area (Å²) in [7, 11) is 0. The molecule has 0 saturated carbocycles. The maximum absolute atomic E-state index is 5.59. The molecule has 0 aliphatic carbocycles. The van der Waals surface area contributed by atoms with Gasteiger partial charge in [-0.15, -0.1) is 0 Å². The lowest BCUT2D eigenvalue weighted by atomic mass is 10.2. The molecule has 1 heterocycles. The van der Waals surface area contributed by atoms with Crippen molar-refractivity contribution in [1.82, 2.24) is 4.98 Å². The number of nitrogens with zero attached hydrogens (tertiary/aromatic N) is 1. The van der Waals surface area contributed by atoms with Gasteiger partial charge in [0.05, 0.1) is 12.2 Å². The molecule has 0 atom stereocenters. The lowest BCUT2D eigenvalue weighted by Crippen LogP contribution is -2.02. The Morgan fingerprint density at radius 1 is 1.12 bits per heavy atom. The number of hydrogen-bond acceptors (Lipinski definition) is 3. The van der Waals surface area contributed by atoms with Gasteiger partial charge in [-0.1, -0.05) is 18.2 Å². The Labute approximate surface area is 95.3 Å². The fourth-order valence-electron chi connectivity index (χ4n) is 1.50. The molecule has 0 aliphatic rings. The van der Waals surface area contributed by atoms with Crippen molar-refractivity contribution in [3.63, 3.8) is 0 Å². The molecule has 0 spiro atoms. The molecule has 0 radical (unpaired) electrons. The van der Waals surface area contributed by atoms with Crippen LogP contribution in [0.25, 0.3) is 0 Å². The molecule has 82 valence electrons. The molecule has 3 nitrogen and oxygen atoms in total. The van der Waals surface area contributed by atoms with Gasteiger partial charge in [0.15, 0.2) is 0 Å². The standard InChI is InChI=1S/C13H15N3/c14-9-11-4-3-6-12(8-11)16-10-13-5-1-2-7-15-13/h1-8,16H,9-10,14H2. The number of aromatic nitrogens is 1. The summed E-state index contributed by atoms with van der Waals surface area (Å²) in [5, 5.41) is 3.32. The summed E-state index contributed by atoms with van der Waals surface area (Å²) < 4.78 is 0. The summed E-state index contributed by atoms with van der Waals surface area (Å²) >= 11 is 0. The second-order valence-electron chi connectivity index (χ2n) is 3.58. The van der Waals surface area contributed by atoms with Gasteiger partial charge in [0.25, 0.3) is 0 Å². The summed E-state index contributed by atoms with van der Waals surface area (Å²) in [6.45, 7) is 1.30. The fourth-order valence-corrected chi connectivity index (χ4v) is 1.50. The van der Waals surface area contributed by atoms with Crippen LogP contribution in [0.15, 0.2) is 48.7 Å².